The maximum absolute atomic E-state index is 12.0. The Bertz CT molecular complexity index is 419. The Morgan fingerprint density at radius 3 is 2.60 bits per heavy atom. The quantitative estimate of drug-likeness (QED) is 0.306. The summed E-state index contributed by atoms with van der Waals surface area (Å²) in [6.45, 7) is 7.04. The van der Waals surface area contributed by atoms with E-state index in [2.05, 4.69) is 27.9 Å². The third-order valence-electron chi connectivity index (χ3n) is 4.83. The molecule has 0 aromatic carbocycles. The van der Waals surface area contributed by atoms with Crippen molar-refractivity contribution >= 4 is 35.8 Å². The highest BCUT2D eigenvalue weighted by Crippen LogP contribution is 2.25. The lowest BCUT2D eigenvalue weighted by Gasteiger charge is -2.23. The van der Waals surface area contributed by atoms with Crippen LogP contribution in [0, 0.1) is 0 Å². The van der Waals surface area contributed by atoms with Gasteiger partial charge in [-0.2, -0.15) is 0 Å². The first-order chi connectivity index (χ1) is 11.6. The van der Waals surface area contributed by atoms with E-state index in [4.69, 9.17) is 4.74 Å². The monoisotopic (exact) mass is 466 g/mol. The van der Waals surface area contributed by atoms with Crippen LogP contribution >= 0.6 is 24.0 Å². The van der Waals surface area contributed by atoms with E-state index in [-0.39, 0.29) is 35.5 Å². The Balaban J connectivity index is 0.00000312. The van der Waals surface area contributed by atoms with Gasteiger partial charge in [0.2, 0.25) is 5.91 Å². The lowest BCUT2D eigenvalue weighted by atomic mass is 9.95. The molecule has 0 aromatic heterocycles. The average molecular weight is 466 g/mol. The van der Waals surface area contributed by atoms with E-state index >= 15 is 0 Å². The van der Waals surface area contributed by atoms with Gasteiger partial charge in [-0.1, -0.05) is 19.3 Å². The molecule has 1 heterocycles. The number of guanidine groups is 1. The number of rotatable bonds is 7. The molecule has 3 N–H and O–H groups in total. The molecule has 1 atom stereocenters. The minimum Gasteiger partial charge on any atom is -0.373 e. The van der Waals surface area contributed by atoms with Crippen LogP contribution in [0.4, 0.5) is 0 Å². The van der Waals surface area contributed by atoms with Crippen molar-refractivity contribution in [1.29, 1.82) is 0 Å². The molecule has 1 aliphatic heterocycles. The Morgan fingerprint density at radius 2 is 1.96 bits per heavy atom. The average Bonchev–Trinajstić information content (AvgIpc) is 3.01. The van der Waals surface area contributed by atoms with Crippen LogP contribution in [-0.4, -0.2) is 49.8 Å². The summed E-state index contributed by atoms with van der Waals surface area (Å²) in [5, 5.41) is 9.63. The highest BCUT2D eigenvalue weighted by Gasteiger charge is 2.29. The number of nitrogens with one attached hydrogen (secondary N) is 3. The van der Waals surface area contributed by atoms with Crippen molar-refractivity contribution in [3.63, 3.8) is 0 Å². The molecular weight excluding hydrogens is 431 g/mol. The van der Waals surface area contributed by atoms with Crippen LogP contribution in [0.3, 0.4) is 0 Å². The second kappa shape index (κ2) is 11.9. The standard InChI is InChI=1S/C18H34N4O2.HI/c1-3-19-17(21-14-18(2)11-7-13-24-18)20-12-10-16(23)22-15-8-5-4-6-9-15;/h15H,3-14H2,1-2H3,(H,22,23)(H2,19,20,21);1H. The molecule has 0 bridgehead atoms. The third-order valence-corrected chi connectivity index (χ3v) is 4.83. The zero-order valence-corrected chi connectivity index (χ0v) is 18.1. The predicted octanol–water partition coefficient (Wildman–Crippen LogP) is 2.57. The normalized spacial score (nSPS) is 24.5. The Labute approximate surface area is 169 Å². The molecule has 2 fully saturated rings. The number of amides is 1. The highest BCUT2D eigenvalue weighted by atomic mass is 127. The summed E-state index contributed by atoms with van der Waals surface area (Å²) in [7, 11) is 0. The number of halogens is 1. The summed E-state index contributed by atoms with van der Waals surface area (Å²) in [6.07, 6.45) is 8.68. The third kappa shape index (κ3) is 8.57. The van der Waals surface area contributed by atoms with Crippen LogP contribution in [0.1, 0.15) is 65.2 Å². The van der Waals surface area contributed by atoms with E-state index in [1.807, 2.05) is 6.92 Å². The molecular formula is C18H35IN4O2. The van der Waals surface area contributed by atoms with Gasteiger partial charge < -0.3 is 20.7 Å². The molecule has 1 amide bonds. The fourth-order valence-electron chi connectivity index (χ4n) is 3.39. The molecule has 25 heavy (non-hydrogen) atoms. The molecule has 1 unspecified atom stereocenters. The van der Waals surface area contributed by atoms with Crippen molar-refractivity contribution in [3.05, 3.63) is 0 Å². The van der Waals surface area contributed by atoms with E-state index in [1.165, 1.54) is 19.3 Å². The molecule has 2 aliphatic rings. The number of hydrogen-bond donors (Lipinski definition) is 3. The topological polar surface area (TPSA) is 74.8 Å². The van der Waals surface area contributed by atoms with Gasteiger partial charge in [-0.3, -0.25) is 9.79 Å². The number of carbonyl (C=O) groups is 1. The molecule has 2 rings (SSSR count). The van der Waals surface area contributed by atoms with Crippen molar-refractivity contribution in [3.8, 4) is 0 Å². The van der Waals surface area contributed by atoms with Gasteiger partial charge in [0.1, 0.15) is 0 Å². The first-order valence-electron chi connectivity index (χ1n) is 9.57. The summed E-state index contributed by atoms with van der Waals surface area (Å²) >= 11 is 0. The van der Waals surface area contributed by atoms with Crippen LogP contribution in [0.2, 0.25) is 0 Å². The van der Waals surface area contributed by atoms with Gasteiger partial charge in [0.05, 0.1) is 12.1 Å². The van der Waals surface area contributed by atoms with E-state index in [1.54, 1.807) is 0 Å². The van der Waals surface area contributed by atoms with Gasteiger partial charge >= 0.3 is 0 Å². The molecule has 1 saturated carbocycles. The largest absolute Gasteiger partial charge is 0.373 e. The smallest absolute Gasteiger partial charge is 0.221 e. The molecule has 1 saturated heterocycles. The molecule has 7 heteroatoms. The first kappa shape index (κ1) is 22.5. The summed E-state index contributed by atoms with van der Waals surface area (Å²) in [5.74, 6) is 0.899. The Hall–Kier alpha value is -0.570. The second-order valence-electron chi connectivity index (χ2n) is 7.18. The first-order valence-corrected chi connectivity index (χ1v) is 9.57. The van der Waals surface area contributed by atoms with Gasteiger partial charge in [0.25, 0.3) is 0 Å². The fourth-order valence-corrected chi connectivity index (χ4v) is 3.39. The summed E-state index contributed by atoms with van der Waals surface area (Å²) < 4.78 is 5.77. The van der Waals surface area contributed by atoms with E-state index in [0.717, 1.165) is 44.8 Å². The van der Waals surface area contributed by atoms with Gasteiger partial charge in [0.15, 0.2) is 5.96 Å². The van der Waals surface area contributed by atoms with Crippen LogP contribution < -0.4 is 16.0 Å². The van der Waals surface area contributed by atoms with Crippen molar-refractivity contribution in [1.82, 2.24) is 16.0 Å². The summed E-state index contributed by atoms with van der Waals surface area (Å²) in [5.41, 5.74) is -0.138. The van der Waals surface area contributed by atoms with Crippen molar-refractivity contribution in [2.24, 2.45) is 4.99 Å². The number of nitrogens with zero attached hydrogens (tertiary/aromatic N) is 1. The zero-order valence-electron chi connectivity index (χ0n) is 15.7. The van der Waals surface area contributed by atoms with E-state index in [0.29, 0.717) is 25.6 Å². The highest BCUT2D eigenvalue weighted by molar-refractivity contribution is 14.0. The minimum absolute atomic E-state index is 0. The van der Waals surface area contributed by atoms with E-state index in [9.17, 15) is 4.79 Å². The van der Waals surface area contributed by atoms with Crippen LogP contribution in [0.15, 0.2) is 4.99 Å². The zero-order chi connectivity index (χ0) is 17.3. The molecule has 0 spiro atoms. The number of ether oxygens (including phenoxy) is 1. The predicted molar refractivity (Wildman–Crippen MR) is 113 cm³/mol. The lowest BCUT2D eigenvalue weighted by Crippen LogP contribution is -2.42. The molecule has 0 aromatic rings. The van der Waals surface area contributed by atoms with Gasteiger partial charge in [0, 0.05) is 32.2 Å². The second-order valence-corrected chi connectivity index (χ2v) is 7.18. The lowest BCUT2D eigenvalue weighted by molar-refractivity contribution is -0.121. The maximum Gasteiger partial charge on any atom is 0.221 e. The van der Waals surface area contributed by atoms with Crippen LogP contribution in [0.5, 0.6) is 0 Å². The SMILES string of the molecule is CCNC(=NCC1(C)CCCO1)NCCC(=O)NC1CCCCC1.I. The number of hydrogen-bond acceptors (Lipinski definition) is 3. The van der Waals surface area contributed by atoms with E-state index < -0.39 is 0 Å². The number of carbonyl (C=O) groups excluding carboxylic acids is 1. The minimum atomic E-state index is -0.138. The Morgan fingerprint density at radius 1 is 1.20 bits per heavy atom. The molecule has 0 radical (unpaired) electrons. The van der Waals surface area contributed by atoms with Crippen molar-refractivity contribution < 1.29 is 9.53 Å². The van der Waals surface area contributed by atoms with Crippen LogP contribution in [0.25, 0.3) is 0 Å². The molecule has 146 valence electrons. The van der Waals surface area contributed by atoms with Gasteiger partial charge in [-0.15, -0.1) is 24.0 Å². The van der Waals surface area contributed by atoms with Gasteiger partial charge in [-0.05, 0) is 39.5 Å². The molecule has 6 nitrogen and oxygen atoms in total. The summed E-state index contributed by atoms with van der Waals surface area (Å²) in [6, 6.07) is 0.382. The Kier molecular flexibility index (Phi) is 10.7. The fraction of sp³-hybridized carbons (Fsp3) is 0.889. The van der Waals surface area contributed by atoms with Crippen molar-refractivity contribution in [2.45, 2.75) is 76.9 Å². The van der Waals surface area contributed by atoms with Gasteiger partial charge in [-0.25, -0.2) is 0 Å². The maximum atomic E-state index is 12.0. The molecule has 1 aliphatic carbocycles. The van der Waals surface area contributed by atoms with Crippen molar-refractivity contribution in [2.75, 3.05) is 26.2 Å². The number of aliphatic imine (C=N–C) groups is 1. The van der Waals surface area contributed by atoms with Crippen LogP contribution in [-0.2, 0) is 9.53 Å². The summed E-state index contributed by atoms with van der Waals surface area (Å²) in [4.78, 5) is 16.7.